The summed E-state index contributed by atoms with van der Waals surface area (Å²) in [5, 5.41) is 45.0. The van der Waals surface area contributed by atoms with Gasteiger partial charge >= 0.3 is 30.2 Å². The fraction of sp³-hybridized carbons (Fsp3) is 0.280. The van der Waals surface area contributed by atoms with Gasteiger partial charge in [0.25, 0.3) is 6.43 Å². The van der Waals surface area contributed by atoms with E-state index in [-0.39, 0.29) is 76.8 Å². The van der Waals surface area contributed by atoms with E-state index < -0.39 is 96.5 Å². The molecule has 0 aromatic heterocycles. The standard InChI is InChI=1S/C50H45F6N9O8/c1-28-40(46(68)69)43(32-14-10-30(24-57)11-15-32)62(48(72)64(28)36-8-4-6-34(22-36)42(51)45(52)53)26-38(66)59-18-20-61(3)21-19-60-39(67)27-63-44(33-16-12-31(25-58)13-17-33)41(47(70)71)29(2)65(49(63)73)37-9-5-7-35(23-37)50(54,55)56/h4-17,22-23,42-45H,18-21,26-27H2,1-3H3,(H,59,66)(H,60,67)(H,68,69)(H,70,71)/t42?,43-,44-/m1/s1. The Hall–Kier alpha value is -8.70. The normalized spacial score (nSPS) is 16.7. The van der Waals surface area contributed by atoms with Crippen molar-refractivity contribution in [3.05, 3.63) is 153 Å². The maximum absolute atomic E-state index is 14.5. The Labute approximate surface area is 413 Å². The molecule has 0 saturated carbocycles. The Morgan fingerprint density at radius 1 is 0.671 bits per heavy atom. The van der Waals surface area contributed by atoms with Crippen LogP contribution in [0.2, 0.25) is 0 Å². The number of nitrogens with zero attached hydrogens (tertiary/aromatic N) is 7. The van der Waals surface area contributed by atoms with Crippen molar-refractivity contribution in [2.24, 2.45) is 0 Å². The molecule has 2 aliphatic rings. The van der Waals surface area contributed by atoms with E-state index >= 15 is 0 Å². The summed E-state index contributed by atoms with van der Waals surface area (Å²) in [6, 6.07) is 18.5. The third-order valence-electron chi connectivity index (χ3n) is 12.0. The van der Waals surface area contributed by atoms with Gasteiger partial charge in [-0.2, -0.15) is 23.7 Å². The number of carbonyl (C=O) groups is 6. The number of alkyl halides is 6. The fourth-order valence-corrected chi connectivity index (χ4v) is 8.46. The second-order valence-electron chi connectivity index (χ2n) is 16.8. The van der Waals surface area contributed by atoms with E-state index in [1.54, 1.807) is 11.9 Å². The smallest absolute Gasteiger partial charge is 0.416 e. The molecule has 3 atom stereocenters. The molecule has 0 fully saturated rings. The number of benzene rings is 4. The summed E-state index contributed by atoms with van der Waals surface area (Å²) < 4.78 is 82.5. The van der Waals surface area contributed by atoms with Crippen molar-refractivity contribution in [2.45, 2.75) is 44.7 Å². The summed E-state index contributed by atoms with van der Waals surface area (Å²) in [5.41, 5.74) is -2.40. The fourth-order valence-electron chi connectivity index (χ4n) is 8.46. The topological polar surface area (TPSA) is 231 Å². The minimum atomic E-state index is -4.81. The average Bonchev–Trinajstić information content (AvgIpc) is 3.35. The van der Waals surface area contributed by atoms with Gasteiger partial charge in [0.1, 0.15) is 13.1 Å². The Balaban J connectivity index is 1.14. The third-order valence-corrected chi connectivity index (χ3v) is 12.0. The molecule has 0 radical (unpaired) electrons. The molecule has 0 saturated heterocycles. The van der Waals surface area contributed by atoms with Crippen LogP contribution >= 0.6 is 0 Å². The van der Waals surface area contributed by atoms with Crippen LogP contribution in [0, 0.1) is 22.7 Å². The number of carbonyl (C=O) groups excluding carboxylic acids is 4. The summed E-state index contributed by atoms with van der Waals surface area (Å²) in [6.45, 7) is 1.17. The first-order valence-electron chi connectivity index (χ1n) is 22.1. The van der Waals surface area contributed by atoms with Crippen LogP contribution in [0.5, 0.6) is 0 Å². The lowest BCUT2D eigenvalue weighted by atomic mass is 9.92. The number of carboxylic acid groups (broad SMARTS) is 2. The minimum absolute atomic E-state index is 0.0612. The van der Waals surface area contributed by atoms with Crippen molar-refractivity contribution < 1.29 is 65.3 Å². The van der Waals surface area contributed by atoms with Gasteiger partial charge in [-0.15, -0.1) is 0 Å². The van der Waals surface area contributed by atoms with E-state index in [4.69, 9.17) is 0 Å². The minimum Gasteiger partial charge on any atom is -0.478 e. The van der Waals surface area contributed by atoms with Crippen molar-refractivity contribution in [1.82, 2.24) is 25.3 Å². The summed E-state index contributed by atoms with van der Waals surface area (Å²) in [5.74, 6) is -4.58. The van der Waals surface area contributed by atoms with Crippen LogP contribution in [0.25, 0.3) is 0 Å². The Kier molecular flexibility index (Phi) is 16.6. The van der Waals surface area contributed by atoms with Crippen LogP contribution in [0.4, 0.5) is 47.3 Å². The lowest BCUT2D eigenvalue weighted by Crippen LogP contribution is -2.54. The first-order valence-corrected chi connectivity index (χ1v) is 22.1. The van der Waals surface area contributed by atoms with Crippen molar-refractivity contribution in [1.29, 1.82) is 10.5 Å². The molecule has 6 amide bonds. The van der Waals surface area contributed by atoms with Gasteiger partial charge in [-0.25, -0.2) is 32.3 Å². The van der Waals surface area contributed by atoms with Crippen LogP contribution < -0.4 is 20.4 Å². The Morgan fingerprint density at radius 3 is 1.47 bits per heavy atom. The molecule has 0 aliphatic carbocycles. The number of nitrogens with one attached hydrogen (secondary N) is 2. The molecule has 73 heavy (non-hydrogen) atoms. The first-order chi connectivity index (χ1) is 34.6. The predicted molar refractivity (Wildman–Crippen MR) is 249 cm³/mol. The molecule has 0 bridgehead atoms. The van der Waals surface area contributed by atoms with E-state index in [0.29, 0.717) is 6.07 Å². The monoisotopic (exact) mass is 1010 g/mol. The molecule has 0 spiro atoms. The highest BCUT2D eigenvalue weighted by Gasteiger charge is 2.45. The second kappa shape index (κ2) is 22.6. The van der Waals surface area contributed by atoms with Crippen LogP contribution in [-0.2, 0) is 25.4 Å². The van der Waals surface area contributed by atoms with E-state index in [1.807, 2.05) is 12.1 Å². The van der Waals surface area contributed by atoms with Crippen LogP contribution in [-0.4, -0.2) is 113 Å². The Bertz CT molecular complexity index is 2950. The molecule has 4 N–H and O–H groups in total. The first kappa shape index (κ1) is 53.6. The Morgan fingerprint density at radius 2 is 1.08 bits per heavy atom. The summed E-state index contributed by atoms with van der Waals surface area (Å²) >= 11 is 0. The molecule has 4 aromatic carbocycles. The van der Waals surface area contributed by atoms with E-state index in [1.165, 1.54) is 80.6 Å². The number of hydrogen-bond donors (Lipinski definition) is 4. The van der Waals surface area contributed by atoms with Crippen LogP contribution in [0.3, 0.4) is 0 Å². The number of urea groups is 2. The van der Waals surface area contributed by atoms with Gasteiger partial charge in [0, 0.05) is 37.6 Å². The number of carboxylic acids is 2. The van der Waals surface area contributed by atoms with Gasteiger partial charge in [-0.3, -0.25) is 19.4 Å². The molecule has 6 rings (SSSR count). The van der Waals surface area contributed by atoms with Crippen molar-refractivity contribution in [3.8, 4) is 12.1 Å². The number of amides is 6. The van der Waals surface area contributed by atoms with E-state index in [2.05, 4.69) is 10.6 Å². The number of likely N-dealkylation sites (N-methyl/N-ethyl adjacent to an activating group) is 1. The zero-order valence-corrected chi connectivity index (χ0v) is 39.0. The number of halogens is 6. The van der Waals surface area contributed by atoms with Gasteiger partial charge < -0.3 is 35.5 Å². The molecule has 17 nitrogen and oxygen atoms in total. The van der Waals surface area contributed by atoms with Gasteiger partial charge in [0.2, 0.25) is 11.8 Å². The number of anilines is 2. The molecule has 23 heteroatoms. The van der Waals surface area contributed by atoms with Gasteiger partial charge in [0.05, 0.1) is 63.4 Å². The van der Waals surface area contributed by atoms with Gasteiger partial charge in [-0.1, -0.05) is 42.5 Å². The SMILES string of the molecule is CC1=C(C(=O)O)[C@@H](c2ccc(C#N)cc2)N(CC(=O)NCCN(C)CCNC(=O)CN2C(=O)N(c3cccc(C(F)(F)F)c3)C(C)=C(C(=O)O)[C@H]2c2ccc(C#N)cc2)C(=O)N1c1cccc(C(F)C(F)F)c1. The van der Waals surface area contributed by atoms with Crippen LogP contribution in [0.15, 0.2) is 120 Å². The van der Waals surface area contributed by atoms with Crippen molar-refractivity contribution >= 4 is 47.2 Å². The molecule has 1 unspecified atom stereocenters. The number of allylic oxidation sites excluding steroid dienone is 2. The highest BCUT2D eigenvalue weighted by molar-refractivity contribution is 6.05. The summed E-state index contributed by atoms with van der Waals surface area (Å²) in [7, 11) is 1.62. The van der Waals surface area contributed by atoms with E-state index in [0.717, 1.165) is 43.9 Å². The largest absolute Gasteiger partial charge is 0.478 e. The number of hydrogen-bond acceptors (Lipinski definition) is 9. The predicted octanol–water partition coefficient (Wildman–Crippen LogP) is 7.27. The molecule has 2 aliphatic heterocycles. The molecule has 2 heterocycles. The molecule has 380 valence electrons. The van der Waals surface area contributed by atoms with Crippen LogP contribution in [0.1, 0.15) is 65.5 Å². The summed E-state index contributed by atoms with van der Waals surface area (Å²) in [6.07, 6.45) is -10.9. The van der Waals surface area contributed by atoms with Crippen molar-refractivity contribution in [3.63, 3.8) is 0 Å². The number of rotatable bonds is 18. The van der Waals surface area contributed by atoms with Gasteiger partial charge in [0.15, 0.2) is 6.17 Å². The highest BCUT2D eigenvalue weighted by atomic mass is 19.4. The quantitative estimate of drug-likeness (QED) is 0.0724. The number of nitriles is 2. The molecular formula is C50H45F6N9O8. The zero-order chi connectivity index (χ0) is 53.5. The maximum atomic E-state index is 14.5. The molecular weight excluding hydrogens is 969 g/mol. The van der Waals surface area contributed by atoms with Gasteiger partial charge in [-0.05, 0) is 92.2 Å². The number of aliphatic carboxylic acids is 2. The lowest BCUT2D eigenvalue weighted by Gasteiger charge is -2.42. The van der Waals surface area contributed by atoms with Crippen molar-refractivity contribution in [2.75, 3.05) is 56.1 Å². The zero-order valence-electron chi connectivity index (χ0n) is 39.0. The summed E-state index contributed by atoms with van der Waals surface area (Å²) in [4.78, 5) is 86.8. The highest BCUT2D eigenvalue weighted by Crippen LogP contribution is 2.42. The molecule has 4 aromatic rings. The third kappa shape index (κ3) is 11.9. The lowest BCUT2D eigenvalue weighted by molar-refractivity contribution is -0.137. The van der Waals surface area contributed by atoms with E-state index in [9.17, 15) is 75.8 Å². The average molecular weight is 1010 g/mol. The maximum Gasteiger partial charge on any atom is 0.416 e. The second-order valence-corrected chi connectivity index (χ2v) is 16.8.